The molecule has 0 bridgehead atoms. The highest BCUT2D eigenvalue weighted by atomic mass is 16.2. The van der Waals surface area contributed by atoms with E-state index in [0.717, 1.165) is 57.7 Å². The molecule has 0 aliphatic carbocycles. The molecule has 2 fully saturated rings. The highest BCUT2D eigenvalue weighted by Gasteiger charge is 2.28. The van der Waals surface area contributed by atoms with Gasteiger partial charge in [0, 0.05) is 50.9 Å². The maximum Gasteiger partial charge on any atom is 0.253 e. The van der Waals surface area contributed by atoms with Crippen LogP contribution < -0.4 is 5.32 Å². The first-order valence-corrected chi connectivity index (χ1v) is 9.30. The van der Waals surface area contributed by atoms with Gasteiger partial charge in [0.15, 0.2) is 0 Å². The predicted molar refractivity (Wildman–Crippen MR) is 98.5 cm³/mol. The van der Waals surface area contributed by atoms with Crippen LogP contribution in [0.4, 0.5) is 0 Å². The normalized spacial score (nSPS) is 21.0. The Labute approximate surface area is 146 Å². The van der Waals surface area contributed by atoms with Gasteiger partial charge in [-0.3, -0.25) is 9.69 Å². The molecule has 1 aromatic carbocycles. The number of likely N-dealkylation sites (tertiary alicyclic amines) is 1. The van der Waals surface area contributed by atoms with Crippen molar-refractivity contribution >= 4 is 5.91 Å². The highest BCUT2D eigenvalue weighted by Crippen LogP contribution is 2.23. The summed E-state index contributed by atoms with van der Waals surface area (Å²) < 4.78 is 0. The topological polar surface area (TPSA) is 35.6 Å². The van der Waals surface area contributed by atoms with Crippen LogP contribution in [0.3, 0.4) is 0 Å². The third-order valence-electron chi connectivity index (χ3n) is 5.42. The Hall–Kier alpha value is -1.39. The molecular formula is C20H31N3O. The van der Waals surface area contributed by atoms with Gasteiger partial charge in [0.05, 0.1) is 0 Å². The first-order chi connectivity index (χ1) is 11.4. The number of carbonyl (C=O) groups is 1. The van der Waals surface area contributed by atoms with Crippen LogP contribution in [0.25, 0.3) is 0 Å². The van der Waals surface area contributed by atoms with Gasteiger partial charge in [0.1, 0.15) is 0 Å². The molecule has 0 aromatic heterocycles. The van der Waals surface area contributed by atoms with Gasteiger partial charge in [0.25, 0.3) is 5.91 Å². The van der Waals surface area contributed by atoms with Crippen molar-refractivity contribution in [2.45, 2.75) is 45.1 Å². The van der Waals surface area contributed by atoms with E-state index in [9.17, 15) is 4.79 Å². The van der Waals surface area contributed by atoms with E-state index < -0.39 is 0 Å². The average molecular weight is 329 g/mol. The number of carbonyl (C=O) groups excluding carboxylic acids is 1. The van der Waals surface area contributed by atoms with Gasteiger partial charge in [-0.05, 0) is 36.0 Å². The molecule has 24 heavy (non-hydrogen) atoms. The molecule has 0 radical (unpaired) electrons. The van der Waals surface area contributed by atoms with Gasteiger partial charge in [-0.2, -0.15) is 0 Å². The lowest BCUT2D eigenvalue weighted by Crippen LogP contribution is -2.52. The van der Waals surface area contributed by atoms with Crippen LogP contribution in [0.15, 0.2) is 24.3 Å². The van der Waals surface area contributed by atoms with Gasteiger partial charge < -0.3 is 10.2 Å². The quantitative estimate of drug-likeness (QED) is 0.905. The second-order valence-corrected chi connectivity index (χ2v) is 8.14. The predicted octanol–water partition coefficient (Wildman–Crippen LogP) is 2.49. The van der Waals surface area contributed by atoms with Crippen molar-refractivity contribution in [1.29, 1.82) is 0 Å². The monoisotopic (exact) mass is 329 g/mol. The fourth-order valence-electron chi connectivity index (χ4n) is 3.78. The minimum Gasteiger partial charge on any atom is -0.339 e. The number of piperidine rings is 1. The Morgan fingerprint density at radius 3 is 2.12 bits per heavy atom. The summed E-state index contributed by atoms with van der Waals surface area (Å²) in [7, 11) is 0. The average Bonchev–Trinajstić information content (AvgIpc) is 2.61. The zero-order valence-corrected chi connectivity index (χ0v) is 15.3. The van der Waals surface area contributed by atoms with Crippen molar-refractivity contribution in [2.75, 3.05) is 39.3 Å². The van der Waals surface area contributed by atoms with Gasteiger partial charge >= 0.3 is 0 Å². The summed E-state index contributed by atoms with van der Waals surface area (Å²) in [5.41, 5.74) is 2.23. The number of hydrogen-bond donors (Lipinski definition) is 1. The van der Waals surface area contributed by atoms with Gasteiger partial charge in [-0.1, -0.05) is 32.9 Å². The minimum absolute atomic E-state index is 0.128. The Kier molecular flexibility index (Phi) is 5.26. The molecule has 2 aliphatic rings. The number of nitrogens with zero attached hydrogens (tertiary/aromatic N) is 2. The van der Waals surface area contributed by atoms with Crippen molar-refractivity contribution in [1.82, 2.24) is 15.1 Å². The molecule has 1 aromatic rings. The number of hydrogen-bond acceptors (Lipinski definition) is 3. The van der Waals surface area contributed by atoms with E-state index in [-0.39, 0.29) is 11.3 Å². The van der Waals surface area contributed by atoms with Crippen LogP contribution in [-0.4, -0.2) is 61.0 Å². The molecule has 0 spiro atoms. The minimum atomic E-state index is 0.128. The van der Waals surface area contributed by atoms with Crippen LogP contribution in [0.5, 0.6) is 0 Å². The molecule has 4 heteroatoms. The van der Waals surface area contributed by atoms with Gasteiger partial charge in [0.2, 0.25) is 0 Å². The number of nitrogens with one attached hydrogen (secondary N) is 1. The number of piperazine rings is 1. The molecule has 1 N–H and O–H groups in total. The smallest absolute Gasteiger partial charge is 0.253 e. The van der Waals surface area contributed by atoms with E-state index in [1.165, 1.54) is 5.56 Å². The van der Waals surface area contributed by atoms with Crippen LogP contribution in [0.2, 0.25) is 0 Å². The summed E-state index contributed by atoms with van der Waals surface area (Å²) in [5, 5.41) is 3.41. The Bertz CT molecular complexity index is 547. The van der Waals surface area contributed by atoms with E-state index in [2.05, 4.69) is 43.1 Å². The van der Waals surface area contributed by atoms with E-state index in [1.54, 1.807) is 0 Å². The summed E-state index contributed by atoms with van der Waals surface area (Å²) in [6, 6.07) is 8.83. The van der Waals surface area contributed by atoms with E-state index in [4.69, 9.17) is 0 Å². The largest absolute Gasteiger partial charge is 0.339 e. The Morgan fingerprint density at radius 1 is 1.00 bits per heavy atom. The number of amides is 1. The van der Waals surface area contributed by atoms with Gasteiger partial charge in [-0.15, -0.1) is 0 Å². The van der Waals surface area contributed by atoms with Crippen molar-refractivity contribution in [3.8, 4) is 0 Å². The van der Waals surface area contributed by atoms with E-state index >= 15 is 0 Å². The lowest BCUT2D eigenvalue weighted by atomic mass is 9.86. The lowest BCUT2D eigenvalue weighted by molar-refractivity contribution is 0.0601. The summed E-state index contributed by atoms with van der Waals surface area (Å²) in [6.45, 7) is 12.8. The Balaban J connectivity index is 1.56. The highest BCUT2D eigenvalue weighted by molar-refractivity contribution is 5.94. The molecule has 1 amide bonds. The molecule has 3 rings (SSSR count). The fraction of sp³-hybridized carbons (Fsp3) is 0.650. The molecule has 2 saturated heterocycles. The van der Waals surface area contributed by atoms with E-state index in [1.807, 2.05) is 17.0 Å². The van der Waals surface area contributed by atoms with Crippen molar-refractivity contribution in [3.63, 3.8) is 0 Å². The summed E-state index contributed by atoms with van der Waals surface area (Å²) in [4.78, 5) is 17.4. The standard InChI is InChI=1S/C20H31N3O/c1-20(2,3)17-6-4-16(5-7-17)19(24)23-12-8-18(9-13-23)22-14-10-21-11-15-22/h4-7,18,21H,8-15H2,1-3H3. The third-order valence-corrected chi connectivity index (χ3v) is 5.42. The molecule has 4 nitrogen and oxygen atoms in total. The third kappa shape index (κ3) is 3.98. The maximum atomic E-state index is 12.7. The first-order valence-electron chi connectivity index (χ1n) is 9.30. The van der Waals surface area contributed by atoms with Crippen LogP contribution in [-0.2, 0) is 5.41 Å². The first kappa shape index (κ1) is 17.4. The van der Waals surface area contributed by atoms with Gasteiger partial charge in [-0.25, -0.2) is 0 Å². The Morgan fingerprint density at radius 2 is 1.58 bits per heavy atom. The van der Waals surface area contributed by atoms with Crippen molar-refractivity contribution in [2.24, 2.45) is 0 Å². The van der Waals surface area contributed by atoms with Crippen LogP contribution in [0.1, 0.15) is 49.5 Å². The molecular weight excluding hydrogens is 298 g/mol. The maximum absolute atomic E-state index is 12.7. The fourth-order valence-corrected chi connectivity index (χ4v) is 3.78. The lowest BCUT2D eigenvalue weighted by Gasteiger charge is -2.40. The second-order valence-electron chi connectivity index (χ2n) is 8.14. The summed E-state index contributed by atoms with van der Waals surface area (Å²) in [5.74, 6) is 0.189. The zero-order chi connectivity index (χ0) is 17.2. The number of benzene rings is 1. The molecule has 0 saturated carbocycles. The van der Waals surface area contributed by atoms with Crippen LogP contribution >= 0.6 is 0 Å². The molecule has 2 aliphatic heterocycles. The SMILES string of the molecule is CC(C)(C)c1ccc(C(=O)N2CCC(N3CCNCC3)CC2)cc1. The molecule has 0 atom stereocenters. The van der Waals surface area contributed by atoms with Crippen LogP contribution in [0, 0.1) is 0 Å². The zero-order valence-electron chi connectivity index (χ0n) is 15.3. The van der Waals surface area contributed by atoms with E-state index in [0.29, 0.717) is 6.04 Å². The molecule has 0 unspecified atom stereocenters. The summed E-state index contributed by atoms with van der Waals surface area (Å²) in [6.07, 6.45) is 2.21. The van der Waals surface area contributed by atoms with Crippen molar-refractivity contribution < 1.29 is 4.79 Å². The molecule has 132 valence electrons. The summed E-state index contributed by atoms with van der Waals surface area (Å²) >= 11 is 0. The number of rotatable bonds is 2. The second kappa shape index (κ2) is 7.24. The molecule has 2 heterocycles. The van der Waals surface area contributed by atoms with Crippen molar-refractivity contribution in [3.05, 3.63) is 35.4 Å².